The van der Waals surface area contributed by atoms with Crippen LogP contribution in [0.15, 0.2) is 42.5 Å². The van der Waals surface area contributed by atoms with Crippen LogP contribution in [0.2, 0.25) is 0 Å². The van der Waals surface area contributed by atoms with E-state index in [0.29, 0.717) is 12.3 Å². The van der Waals surface area contributed by atoms with Gasteiger partial charge in [0, 0.05) is 30.0 Å². The second-order valence-corrected chi connectivity index (χ2v) is 6.69. The van der Waals surface area contributed by atoms with Crippen LogP contribution in [-0.2, 0) is 23.7 Å². The zero-order valence-corrected chi connectivity index (χ0v) is 13.0. The van der Waals surface area contributed by atoms with E-state index in [1.54, 1.807) is 6.08 Å². The van der Waals surface area contributed by atoms with Gasteiger partial charge in [-0.15, -0.1) is 0 Å². The van der Waals surface area contributed by atoms with Crippen LogP contribution in [0.3, 0.4) is 0 Å². The van der Waals surface area contributed by atoms with Gasteiger partial charge < -0.3 is 0 Å². The molecule has 0 fully saturated rings. The molecule has 0 aliphatic heterocycles. The maximum absolute atomic E-state index is 11.8. The Bertz CT molecular complexity index is 772. The summed E-state index contributed by atoms with van der Waals surface area (Å²) in [6, 6.07) is 10.5. The number of aryl methyl sites for hydroxylation is 1. The van der Waals surface area contributed by atoms with E-state index >= 15 is 0 Å². The van der Waals surface area contributed by atoms with E-state index in [1.807, 2.05) is 17.8 Å². The maximum Gasteiger partial charge on any atom is 0.155 e. The molecule has 2 aliphatic carbocycles. The van der Waals surface area contributed by atoms with Crippen LogP contribution in [0.4, 0.5) is 0 Å². The van der Waals surface area contributed by atoms with Crippen molar-refractivity contribution < 1.29 is 4.79 Å². The molecule has 2 unspecified atom stereocenters. The van der Waals surface area contributed by atoms with Gasteiger partial charge in [0.1, 0.15) is 0 Å². The summed E-state index contributed by atoms with van der Waals surface area (Å²) in [5.41, 5.74) is 4.85. The fourth-order valence-corrected chi connectivity index (χ4v) is 4.11. The van der Waals surface area contributed by atoms with Gasteiger partial charge in [-0.25, -0.2) is 0 Å². The molecule has 112 valence electrons. The number of fused-ring (bicyclic) bond motifs is 3. The van der Waals surface area contributed by atoms with Gasteiger partial charge in [-0.1, -0.05) is 43.3 Å². The zero-order chi connectivity index (χ0) is 15.3. The average Bonchev–Trinajstić information content (AvgIpc) is 2.86. The fourth-order valence-electron chi connectivity index (χ4n) is 4.11. The normalized spacial score (nSPS) is 26.6. The third-order valence-electron chi connectivity index (χ3n) is 5.36. The molecule has 0 amide bonds. The highest BCUT2D eigenvalue weighted by Gasteiger charge is 2.44. The second kappa shape index (κ2) is 4.67. The quantitative estimate of drug-likeness (QED) is 0.807. The van der Waals surface area contributed by atoms with Crippen LogP contribution in [0.5, 0.6) is 0 Å². The van der Waals surface area contributed by atoms with Gasteiger partial charge in [-0.05, 0) is 24.8 Å². The molecule has 22 heavy (non-hydrogen) atoms. The predicted octanol–water partition coefficient (Wildman–Crippen LogP) is 3.44. The molecule has 0 spiro atoms. The lowest BCUT2D eigenvalue weighted by Crippen LogP contribution is -2.39. The lowest BCUT2D eigenvalue weighted by molar-refractivity contribution is -0.116. The number of ketones is 1. The van der Waals surface area contributed by atoms with Crippen molar-refractivity contribution in [2.75, 3.05) is 0 Å². The maximum atomic E-state index is 11.8. The lowest BCUT2D eigenvalue weighted by atomic mass is 9.63. The number of hydrogen-bond donors (Lipinski definition) is 0. The van der Waals surface area contributed by atoms with Crippen LogP contribution >= 0.6 is 0 Å². The van der Waals surface area contributed by atoms with Crippen LogP contribution < -0.4 is 0 Å². The van der Waals surface area contributed by atoms with E-state index < -0.39 is 0 Å². The van der Waals surface area contributed by atoms with Gasteiger partial charge >= 0.3 is 0 Å². The summed E-state index contributed by atoms with van der Waals surface area (Å²) in [5.74, 6) is 0.640. The zero-order valence-electron chi connectivity index (χ0n) is 13.0. The average molecular weight is 292 g/mol. The summed E-state index contributed by atoms with van der Waals surface area (Å²) in [5, 5.41) is 4.86. The van der Waals surface area contributed by atoms with Gasteiger partial charge in [-0.3, -0.25) is 9.48 Å². The van der Waals surface area contributed by atoms with Crippen molar-refractivity contribution >= 4 is 5.78 Å². The molecule has 4 rings (SSSR count). The SMILES string of the molecule is Cn1nc2c(c1-c1ccccc1)CCC1CC(=O)C=CC21C. The van der Waals surface area contributed by atoms with Crippen molar-refractivity contribution in [3.63, 3.8) is 0 Å². The van der Waals surface area contributed by atoms with Gasteiger partial charge in [0.25, 0.3) is 0 Å². The Morgan fingerprint density at radius 1 is 1.27 bits per heavy atom. The van der Waals surface area contributed by atoms with E-state index in [4.69, 9.17) is 5.10 Å². The molecule has 1 aromatic carbocycles. The fraction of sp³-hybridized carbons (Fsp3) is 0.368. The molecule has 0 saturated carbocycles. The minimum absolute atomic E-state index is 0.105. The summed E-state index contributed by atoms with van der Waals surface area (Å²) in [7, 11) is 2.02. The smallest absolute Gasteiger partial charge is 0.155 e. The second-order valence-electron chi connectivity index (χ2n) is 6.69. The third kappa shape index (κ3) is 1.81. The van der Waals surface area contributed by atoms with Crippen molar-refractivity contribution in [3.8, 4) is 11.3 Å². The number of carbonyl (C=O) groups is 1. The van der Waals surface area contributed by atoms with Gasteiger partial charge in [0.15, 0.2) is 5.78 Å². The van der Waals surface area contributed by atoms with E-state index in [2.05, 4.69) is 37.3 Å². The number of allylic oxidation sites excluding steroid dienone is 2. The molecular formula is C19H20N2O. The first-order valence-corrected chi connectivity index (χ1v) is 7.93. The van der Waals surface area contributed by atoms with E-state index in [-0.39, 0.29) is 11.2 Å². The molecule has 3 heteroatoms. The molecule has 0 bridgehead atoms. The number of nitrogens with zero attached hydrogens (tertiary/aromatic N) is 2. The largest absolute Gasteiger partial charge is 0.295 e. The lowest BCUT2D eigenvalue weighted by Gasteiger charge is -2.40. The molecule has 2 aliphatic rings. The minimum atomic E-state index is -0.105. The monoisotopic (exact) mass is 292 g/mol. The highest BCUT2D eigenvalue weighted by Crippen LogP contribution is 2.47. The van der Waals surface area contributed by atoms with Crippen LogP contribution in [0.25, 0.3) is 11.3 Å². The van der Waals surface area contributed by atoms with Gasteiger partial charge in [0.05, 0.1) is 11.4 Å². The Morgan fingerprint density at radius 3 is 2.82 bits per heavy atom. The molecule has 0 N–H and O–H groups in total. The highest BCUT2D eigenvalue weighted by atomic mass is 16.1. The van der Waals surface area contributed by atoms with Gasteiger partial charge in [0.2, 0.25) is 0 Å². The van der Waals surface area contributed by atoms with Crippen molar-refractivity contribution in [1.82, 2.24) is 9.78 Å². The molecule has 1 heterocycles. The summed E-state index contributed by atoms with van der Waals surface area (Å²) >= 11 is 0. The van der Waals surface area contributed by atoms with Crippen molar-refractivity contribution in [1.29, 1.82) is 0 Å². The third-order valence-corrected chi connectivity index (χ3v) is 5.36. The minimum Gasteiger partial charge on any atom is -0.295 e. The number of benzene rings is 1. The highest BCUT2D eigenvalue weighted by molar-refractivity contribution is 5.91. The Balaban J connectivity index is 1.91. The standard InChI is InChI=1S/C19H20N2O/c1-19-11-10-15(22)12-14(19)8-9-16-17(21(2)20-18(16)19)13-6-4-3-5-7-13/h3-7,10-11,14H,8-9,12H2,1-2H3. The van der Waals surface area contributed by atoms with E-state index in [0.717, 1.165) is 18.5 Å². The molecular weight excluding hydrogens is 272 g/mol. The number of hydrogen-bond acceptors (Lipinski definition) is 2. The summed E-state index contributed by atoms with van der Waals surface area (Å²) in [6.07, 6.45) is 6.56. The number of rotatable bonds is 1. The molecule has 0 saturated heterocycles. The van der Waals surface area contributed by atoms with E-state index in [1.165, 1.54) is 16.8 Å². The van der Waals surface area contributed by atoms with Crippen LogP contribution in [0.1, 0.15) is 31.0 Å². The topological polar surface area (TPSA) is 34.9 Å². The predicted molar refractivity (Wildman–Crippen MR) is 86.6 cm³/mol. The molecule has 3 nitrogen and oxygen atoms in total. The van der Waals surface area contributed by atoms with Crippen LogP contribution in [0, 0.1) is 5.92 Å². The molecule has 2 atom stereocenters. The molecule has 0 radical (unpaired) electrons. The van der Waals surface area contributed by atoms with Crippen LogP contribution in [-0.4, -0.2) is 15.6 Å². The Labute approximate surface area is 130 Å². The van der Waals surface area contributed by atoms with Crippen molar-refractivity contribution in [3.05, 3.63) is 53.7 Å². The summed E-state index contributed by atoms with van der Waals surface area (Å²) in [6.45, 7) is 2.24. The summed E-state index contributed by atoms with van der Waals surface area (Å²) < 4.78 is 2.01. The number of aromatic nitrogens is 2. The van der Waals surface area contributed by atoms with Crippen molar-refractivity contribution in [2.24, 2.45) is 13.0 Å². The first-order chi connectivity index (χ1) is 10.6. The van der Waals surface area contributed by atoms with E-state index in [9.17, 15) is 4.79 Å². The Morgan fingerprint density at radius 2 is 2.05 bits per heavy atom. The molecule has 2 aromatic rings. The first kappa shape index (κ1) is 13.5. The number of carbonyl (C=O) groups excluding carboxylic acids is 1. The van der Waals surface area contributed by atoms with Gasteiger partial charge in [-0.2, -0.15) is 5.10 Å². The Hall–Kier alpha value is -2.16. The first-order valence-electron chi connectivity index (χ1n) is 7.93. The van der Waals surface area contributed by atoms with Crippen molar-refractivity contribution in [2.45, 2.75) is 31.6 Å². The Kier molecular flexibility index (Phi) is 2.86. The molecule has 1 aromatic heterocycles. The summed E-state index contributed by atoms with van der Waals surface area (Å²) in [4.78, 5) is 11.8.